The summed E-state index contributed by atoms with van der Waals surface area (Å²) in [6.45, 7) is 3.57. The van der Waals surface area contributed by atoms with Gasteiger partial charge in [0.05, 0.1) is 5.71 Å². The molecule has 1 aromatic carbocycles. The number of amidine groups is 1. The SMILES string of the molecule is CCCC1=NN(C)C2C(=O)NC(Cc3ccc(NC(C)=O)cc3)=NC12. The van der Waals surface area contributed by atoms with E-state index in [1.54, 1.807) is 5.01 Å². The summed E-state index contributed by atoms with van der Waals surface area (Å²) in [5, 5.41) is 11.9. The first-order valence-corrected chi connectivity index (χ1v) is 8.52. The van der Waals surface area contributed by atoms with Gasteiger partial charge in [-0.2, -0.15) is 5.10 Å². The molecule has 2 heterocycles. The van der Waals surface area contributed by atoms with Crippen molar-refractivity contribution in [1.82, 2.24) is 10.3 Å². The van der Waals surface area contributed by atoms with Crippen molar-refractivity contribution in [2.45, 2.75) is 45.2 Å². The van der Waals surface area contributed by atoms with Crippen molar-refractivity contribution < 1.29 is 9.59 Å². The quantitative estimate of drug-likeness (QED) is 0.852. The number of anilines is 1. The number of hydrazone groups is 1. The summed E-state index contributed by atoms with van der Waals surface area (Å²) < 4.78 is 0. The predicted molar refractivity (Wildman–Crippen MR) is 97.7 cm³/mol. The molecule has 0 aromatic heterocycles. The highest BCUT2D eigenvalue weighted by Gasteiger charge is 2.43. The molecule has 2 unspecified atom stereocenters. The van der Waals surface area contributed by atoms with E-state index in [1.807, 2.05) is 31.3 Å². The lowest BCUT2D eigenvalue weighted by Crippen LogP contribution is -2.54. The van der Waals surface area contributed by atoms with Crippen LogP contribution in [0.1, 0.15) is 32.3 Å². The minimum absolute atomic E-state index is 0.0535. The highest BCUT2D eigenvalue weighted by atomic mass is 16.2. The number of hydrogen-bond acceptors (Lipinski definition) is 5. The molecule has 2 amide bonds. The van der Waals surface area contributed by atoms with E-state index in [0.717, 1.165) is 29.8 Å². The Morgan fingerprint density at radius 1 is 1.32 bits per heavy atom. The summed E-state index contributed by atoms with van der Waals surface area (Å²) in [6.07, 6.45) is 2.37. The summed E-state index contributed by atoms with van der Waals surface area (Å²) in [7, 11) is 1.82. The lowest BCUT2D eigenvalue weighted by molar-refractivity contribution is -0.124. The van der Waals surface area contributed by atoms with E-state index in [9.17, 15) is 9.59 Å². The van der Waals surface area contributed by atoms with Crippen molar-refractivity contribution in [1.29, 1.82) is 0 Å². The number of aliphatic imine (C=N–C) groups is 1. The monoisotopic (exact) mass is 341 g/mol. The Bertz CT molecular complexity index is 738. The van der Waals surface area contributed by atoms with Crippen molar-refractivity contribution in [3.8, 4) is 0 Å². The Labute approximate surface area is 147 Å². The average Bonchev–Trinajstić information content (AvgIpc) is 2.86. The van der Waals surface area contributed by atoms with Crippen molar-refractivity contribution in [2.24, 2.45) is 10.1 Å². The van der Waals surface area contributed by atoms with Crippen LogP contribution in [0.15, 0.2) is 34.4 Å². The van der Waals surface area contributed by atoms with Gasteiger partial charge in [0.25, 0.3) is 5.91 Å². The van der Waals surface area contributed by atoms with Crippen molar-refractivity contribution >= 4 is 29.0 Å². The molecular formula is C18H23N5O2. The molecule has 7 nitrogen and oxygen atoms in total. The van der Waals surface area contributed by atoms with Crippen LogP contribution >= 0.6 is 0 Å². The van der Waals surface area contributed by atoms with Crippen LogP contribution in [0.5, 0.6) is 0 Å². The lowest BCUT2D eigenvalue weighted by Gasteiger charge is -2.27. The normalized spacial score (nSPS) is 22.0. The van der Waals surface area contributed by atoms with E-state index in [1.165, 1.54) is 6.92 Å². The molecule has 2 aliphatic rings. The van der Waals surface area contributed by atoms with E-state index in [0.29, 0.717) is 12.3 Å². The smallest absolute Gasteiger partial charge is 0.252 e. The van der Waals surface area contributed by atoms with Gasteiger partial charge in [0.1, 0.15) is 11.9 Å². The van der Waals surface area contributed by atoms with Crippen LogP contribution in [0.3, 0.4) is 0 Å². The molecule has 25 heavy (non-hydrogen) atoms. The Morgan fingerprint density at radius 2 is 2.04 bits per heavy atom. The zero-order valence-electron chi connectivity index (χ0n) is 14.7. The van der Waals surface area contributed by atoms with Crippen molar-refractivity contribution in [3.05, 3.63) is 29.8 Å². The number of nitrogens with zero attached hydrogens (tertiary/aromatic N) is 3. The van der Waals surface area contributed by atoms with Gasteiger partial charge >= 0.3 is 0 Å². The molecule has 2 N–H and O–H groups in total. The third-order valence-electron chi connectivity index (χ3n) is 4.31. The second kappa shape index (κ2) is 7.04. The molecule has 0 radical (unpaired) electrons. The van der Waals surface area contributed by atoms with Gasteiger partial charge < -0.3 is 10.6 Å². The molecule has 0 saturated heterocycles. The molecule has 7 heteroatoms. The first-order chi connectivity index (χ1) is 12.0. The maximum absolute atomic E-state index is 12.5. The van der Waals surface area contributed by atoms with Gasteiger partial charge in [0.15, 0.2) is 6.04 Å². The van der Waals surface area contributed by atoms with Crippen LogP contribution in [0, 0.1) is 0 Å². The summed E-state index contributed by atoms with van der Waals surface area (Å²) >= 11 is 0. The summed E-state index contributed by atoms with van der Waals surface area (Å²) in [6, 6.07) is 7.01. The number of likely N-dealkylation sites (N-methyl/N-ethyl adjacent to an activating group) is 1. The highest BCUT2D eigenvalue weighted by molar-refractivity contribution is 6.09. The number of nitrogens with one attached hydrogen (secondary N) is 2. The summed E-state index contributed by atoms with van der Waals surface area (Å²) in [5.41, 5.74) is 2.75. The number of hydrogen-bond donors (Lipinski definition) is 2. The molecule has 0 saturated carbocycles. The number of benzene rings is 1. The Morgan fingerprint density at radius 3 is 2.68 bits per heavy atom. The van der Waals surface area contributed by atoms with Crippen LogP contribution in [0.2, 0.25) is 0 Å². The molecule has 1 aromatic rings. The third-order valence-corrected chi connectivity index (χ3v) is 4.31. The van der Waals surface area contributed by atoms with Crippen molar-refractivity contribution in [3.63, 3.8) is 0 Å². The molecule has 2 atom stereocenters. The number of carbonyl (C=O) groups excluding carboxylic acids is 2. The fraction of sp³-hybridized carbons (Fsp3) is 0.444. The van der Waals surface area contributed by atoms with Gasteiger partial charge in [-0.05, 0) is 24.1 Å². The highest BCUT2D eigenvalue weighted by Crippen LogP contribution is 2.23. The number of fused-ring (bicyclic) bond motifs is 1. The molecule has 2 aliphatic heterocycles. The van der Waals surface area contributed by atoms with Crippen LogP contribution in [-0.4, -0.2) is 47.5 Å². The topological polar surface area (TPSA) is 86.2 Å². The number of rotatable bonds is 5. The van der Waals surface area contributed by atoms with Gasteiger partial charge in [-0.3, -0.25) is 19.6 Å². The van der Waals surface area contributed by atoms with E-state index >= 15 is 0 Å². The standard InChI is InChI=1S/C18H23N5O2/c1-4-5-14-16-17(23(3)22-14)18(25)21-15(20-16)10-12-6-8-13(9-7-12)19-11(2)24/h6-9,16-17H,4-5,10H2,1-3H3,(H,19,24)(H,20,21,25). The van der Waals surface area contributed by atoms with Crippen LogP contribution in [0.25, 0.3) is 0 Å². The fourth-order valence-corrected chi connectivity index (χ4v) is 3.23. The second-order valence-corrected chi connectivity index (χ2v) is 6.42. The Balaban J connectivity index is 1.75. The molecule has 3 rings (SSSR count). The minimum atomic E-state index is -0.340. The maximum atomic E-state index is 12.5. The molecule has 132 valence electrons. The zero-order valence-corrected chi connectivity index (χ0v) is 14.7. The van der Waals surface area contributed by atoms with Gasteiger partial charge in [-0.15, -0.1) is 0 Å². The van der Waals surface area contributed by atoms with Gasteiger partial charge in [0, 0.05) is 26.1 Å². The van der Waals surface area contributed by atoms with Gasteiger partial charge in [0.2, 0.25) is 5.91 Å². The predicted octanol–water partition coefficient (Wildman–Crippen LogP) is 1.55. The first-order valence-electron chi connectivity index (χ1n) is 8.52. The minimum Gasteiger partial charge on any atom is -0.326 e. The van der Waals surface area contributed by atoms with Crippen molar-refractivity contribution in [2.75, 3.05) is 12.4 Å². The van der Waals surface area contributed by atoms with E-state index < -0.39 is 0 Å². The zero-order chi connectivity index (χ0) is 18.0. The van der Waals surface area contributed by atoms with Gasteiger partial charge in [-0.1, -0.05) is 25.5 Å². The Kier molecular flexibility index (Phi) is 4.83. The lowest BCUT2D eigenvalue weighted by atomic mass is 9.98. The van der Waals surface area contributed by atoms with Crippen LogP contribution < -0.4 is 10.6 Å². The van der Waals surface area contributed by atoms with Gasteiger partial charge in [-0.25, -0.2) is 0 Å². The second-order valence-electron chi connectivity index (χ2n) is 6.42. The summed E-state index contributed by atoms with van der Waals surface area (Å²) in [4.78, 5) is 28.3. The van der Waals surface area contributed by atoms with E-state index in [2.05, 4.69) is 22.7 Å². The van der Waals surface area contributed by atoms with E-state index in [4.69, 9.17) is 4.99 Å². The van der Waals surface area contributed by atoms with E-state index in [-0.39, 0.29) is 23.9 Å². The van der Waals surface area contributed by atoms with Crippen LogP contribution in [-0.2, 0) is 16.0 Å². The average molecular weight is 341 g/mol. The Hall–Kier alpha value is -2.70. The molecule has 0 fully saturated rings. The largest absolute Gasteiger partial charge is 0.326 e. The van der Waals surface area contributed by atoms with Crippen LogP contribution in [0.4, 0.5) is 5.69 Å². The molecule has 0 aliphatic carbocycles. The fourth-order valence-electron chi connectivity index (χ4n) is 3.23. The molecular weight excluding hydrogens is 318 g/mol. The number of amides is 2. The third kappa shape index (κ3) is 3.70. The number of carbonyl (C=O) groups is 2. The molecule has 0 spiro atoms. The first kappa shape index (κ1) is 17.1. The maximum Gasteiger partial charge on any atom is 0.252 e. The summed E-state index contributed by atoms with van der Waals surface area (Å²) in [5.74, 6) is 0.510. The molecule has 0 bridgehead atoms.